The molecule has 5 rings (SSSR count). The zero-order chi connectivity index (χ0) is 18.4. The number of carbonyl (C=O) groups excluding carboxylic acids is 1. The van der Waals surface area contributed by atoms with E-state index in [0.29, 0.717) is 37.2 Å². The van der Waals surface area contributed by atoms with Gasteiger partial charge in [-0.3, -0.25) is 9.78 Å². The quantitative estimate of drug-likeness (QED) is 0.814. The molecule has 2 saturated heterocycles. The summed E-state index contributed by atoms with van der Waals surface area (Å²) in [5.41, 5.74) is 0.886. The Hall–Kier alpha value is -2.48. The molecule has 1 amide bonds. The molecule has 8 heteroatoms. The van der Waals surface area contributed by atoms with Gasteiger partial charge < -0.3 is 18.9 Å². The Labute approximate surface area is 156 Å². The third-order valence-electron chi connectivity index (χ3n) is 5.44. The lowest BCUT2D eigenvalue weighted by atomic mass is 9.84. The monoisotopic (exact) mass is 370 g/mol. The van der Waals surface area contributed by atoms with Crippen molar-refractivity contribution in [2.45, 2.75) is 50.2 Å². The van der Waals surface area contributed by atoms with Crippen LogP contribution in [0.2, 0.25) is 0 Å². The Balaban J connectivity index is 1.19. The molecule has 0 aromatic carbocycles. The summed E-state index contributed by atoms with van der Waals surface area (Å²) in [6.45, 7) is 3.61. The highest BCUT2D eigenvalue weighted by Gasteiger charge is 2.50. The zero-order valence-corrected chi connectivity index (χ0v) is 15.3. The molecule has 4 heterocycles. The summed E-state index contributed by atoms with van der Waals surface area (Å²) >= 11 is 0. The zero-order valence-electron chi connectivity index (χ0n) is 15.3. The van der Waals surface area contributed by atoms with Gasteiger partial charge in [0.2, 0.25) is 5.88 Å². The predicted octanol–water partition coefficient (Wildman–Crippen LogP) is 2.10. The van der Waals surface area contributed by atoms with Gasteiger partial charge in [-0.05, 0) is 19.8 Å². The minimum Gasteiger partial charge on any atom is -0.473 e. The number of ether oxygens (including phenoxy) is 2. The number of rotatable bonds is 4. The highest BCUT2D eigenvalue weighted by atomic mass is 16.5. The third-order valence-corrected chi connectivity index (χ3v) is 5.44. The molecule has 1 saturated carbocycles. The van der Waals surface area contributed by atoms with E-state index in [1.807, 2.05) is 6.92 Å². The molecule has 2 aromatic heterocycles. The molecule has 1 aliphatic carbocycles. The van der Waals surface area contributed by atoms with Crippen LogP contribution in [-0.4, -0.2) is 57.3 Å². The van der Waals surface area contributed by atoms with Crippen molar-refractivity contribution < 1.29 is 18.8 Å². The molecule has 27 heavy (non-hydrogen) atoms. The maximum absolute atomic E-state index is 12.6. The first-order chi connectivity index (χ1) is 13.1. The second kappa shape index (κ2) is 6.30. The topological polar surface area (TPSA) is 90.6 Å². The van der Waals surface area contributed by atoms with Crippen molar-refractivity contribution in [3.05, 3.63) is 35.6 Å². The fourth-order valence-corrected chi connectivity index (χ4v) is 3.88. The largest absolute Gasteiger partial charge is 0.473 e. The maximum atomic E-state index is 12.6. The minimum atomic E-state index is -0.334. The molecule has 1 atom stereocenters. The van der Waals surface area contributed by atoms with Crippen LogP contribution in [0.15, 0.2) is 23.0 Å². The molecule has 1 unspecified atom stereocenters. The first-order valence-electron chi connectivity index (χ1n) is 9.45. The summed E-state index contributed by atoms with van der Waals surface area (Å²) in [5.74, 6) is 1.73. The van der Waals surface area contributed by atoms with Gasteiger partial charge in [-0.2, -0.15) is 0 Å². The molecular formula is C19H22N4O4. The number of nitrogens with zero attached hydrogens (tertiary/aromatic N) is 4. The molecule has 8 nitrogen and oxygen atoms in total. The van der Waals surface area contributed by atoms with Crippen LogP contribution in [0.5, 0.6) is 5.88 Å². The van der Waals surface area contributed by atoms with Crippen LogP contribution in [0, 0.1) is 6.92 Å². The van der Waals surface area contributed by atoms with E-state index in [-0.39, 0.29) is 17.6 Å². The molecule has 142 valence electrons. The molecule has 1 spiro atoms. The highest BCUT2D eigenvalue weighted by Crippen LogP contribution is 2.41. The fraction of sp³-hybridized carbons (Fsp3) is 0.579. The van der Waals surface area contributed by atoms with E-state index in [0.717, 1.165) is 37.1 Å². The summed E-state index contributed by atoms with van der Waals surface area (Å²) in [6, 6.07) is 1.79. The number of likely N-dealkylation sites (tertiary alicyclic amines) is 1. The van der Waals surface area contributed by atoms with Crippen molar-refractivity contribution in [1.29, 1.82) is 0 Å². The average molecular weight is 370 g/mol. The lowest BCUT2D eigenvalue weighted by Gasteiger charge is -2.52. The Morgan fingerprint density at radius 3 is 2.93 bits per heavy atom. The molecule has 3 fully saturated rings. The van der Waals surface area contributed by atoms with Crippen molar-refractivity contribution in [3.63, 3.8) is 0 Å². The van der Waals surface area contributed by atoms with Gasteiger partial charge in [0.1, 0.15) is 17.5 Å². The van der Waals surface area contributed by atoms with Crippen molar-refractivity contribution in [2.75, 3.05) is 19.7 Å². The summed E-state index contributed by atoms with van der Waals surface area (Å²) in [7, 11) is 0. The van der Waals surface area contributed by atoms with Gasteiger partial charge in [-0.1, -0.05) is 5.16 Å². The maximum Gasteiger partial charge on any atom is 0.276 e. The number of hydrogen-bond donors (Lipinski definition) is 0. The van der Waals surface area contributed by atoms with E-state index in [2.05, 4.69) is 15.1 Å². The molecule has 0 radical (unpaired) electrons. The van der Waals surface area contributed by atoms with Crippen LogP contribution in [0.25, 0.3) is 0 Å². The Morgan fingerprint density at radius 1 is 1.30 bits per heavy atom. The van der Waals surface area contributed by atoms with Crippen molar-refractivity contribution >= 4 is 5.91 Å². The van der Waals surface area contributed by atoms with Crippen LogP contribution in [0.4, 0.5) is 0 Å². The van der Waals surface area contributed by atoms with Crippen LogP contribution >= 0.6 is 0 Å². The molecule has 3 aliphatic rings. The van der Waals surface area contributed by atoms with Crippen molar-refractivity contribution in [1.82, 2.24) is 20.0 Å². The van der Waals surface area contributed by atoms with Gasteiger partial charge in [0.15, 0.2) is 5.69 Å². The number of aryl methyl sites for hydroxylation is 1. The van der Waals surface area contributed by atoms with E-state index in [1.165, 1.54) is 0 Å². The van der Waals surface area contributed by atoms with Crippen LogP contribution in [0.3, 0.4) is 0 Å². The molecule has 2 aliphatic heterocycles. The van der Waals surface area contributed by atoms with E-state index >= 15 is 0 Å². The van der Waals surface area contributed by atoms with Crippen LogP contribution < -0.4 is 4.74 Å². The van der Waals surface area contributed by atoms with Crippen molar-refractivity contribution in [2.24, 2.45) is 0 Å². The number of amides is 1. The SMILES string of the molecule is Cc1cncc(OC2CCOC3(C2)CN(C(=O)c2cc(C4CC4)on2)C3)n1. The Morgan fingerprint density at radius 2 is 2.15 bits per heavy atom. The molecule has 2 aromatic rings. The first kappa shape index (κ1) is 16.7. The third kappa shape index (κ3) is 3.29. The summed E-state index contributed by atoms with van der Waals surface area (Å²) in [6.07, 6.45) is 7.13. The standard InChI is InChI=1S/C19H22N4O4/c1-12-8-20-9-17(21-12)26-14-4-5-25-19(7-14)10-23(11-19)18(24)15-6-16(27-22-15)13-2-3-13/h6,8-9,13-14H,2-5,7,10-11H2,1H3. The minimum absolute atomic E-state index is 0.0145. The average Bonchev–Trinajstić information content (AvgIpc) is 3.36. The second-order valence-corrected chi connectivity index (χ2v) is 7.81. The van der Waals surface area contributed by atoms with E-state index in [1.54, 1.807) is 23.4 Å². The van der Waals surface area contributed by atoms with Gasteiger partial charge in [-0.15, -0.1) is 0 Å². The highest BCUT2D eigenvalue weighted by molar-refractivity contribution is 5.93. The van der Waals surface area contributed by atoms with Gasteiger partial charge in [0.25, 0.3) is 5.91 Å². The predicted molar refractivity (Wildman–Crippen MR) is 93.5 cm³/mol. The second-order valence-electron chi connectivity index (χ2n) is 7.81. The number of hydrogen-bond acceptors (Lipinski definition) is 7. The lowest BCUT2D eigenvalue weighted by molar-refractivity contribution is -0.174. The van der Waals surface area contributed by atoms with Crippen molar-refractivity contribution in [3.8, 4) is 5.88 Å². The van der Waals surface area contributed by atoms with E-state index < -0.39 is 0 Å². The van der Waals surface area contributed by atoms with E-state index in [4.69, 9.17) is 14.0 Å². The Bertz CT molecular complexity index is 857. The van der Waals surface area contributed by atoms with E-state index in [9.17, 15) is 4.79 Å². The number of aromatic nitrogens is 3. The summed E-state index contributed by atoms with van der Waals surface area (Å²) < 4.78 is 17.3. The van der Waals surface area contributed by atoms with Crippen LogP contribution in [0.1, 0.15) is 53.5 Å². The fourth-order valence-electron chi connectivity index (χ4n) is 3.88. The van der Waals surface area contributed by atoms with Gasteiger partial charge in [-0.25, -0.2) is 4.98 Å². The molecule has 0 bridgehead atoms. The summed E-state index contributed by atoms with van der Waals surface area (Å²) in [5, 5.41) is 3.95. The number of carbonyl (C=O) groups is 1. The van der Waals surface area contributed by atoms with Crippen LogP contribution in [-0.2, 0) is 4.74 Å². The lowest BCUT2D eigenvalue weighted by Crippen LogP contribution is -2.67. The normalized spacial score (nSPS) is 23.9. The van der Waals surface area contributed by atoms with Gasteiger partial charge in [0, 0.05) is 31.0 Å². The summed E-state index contributed by atoms with van der Waals surface area (Å²) in [4.78, 5) is 22.9. The Kier molecular flexibility index (Phi) is 3.89. The van der Waals surface area contributed by atoms with Gasteiger partial charge in [0.05, 0.1) is 31.6 Å². The first-order valence-corrected chi connectivity index (χ1v) is 9.45. The molecular weight excluding hydrogens is 348 g/mol. The smallest absolute Gasteiger partial charge is 0.276 e. The molecule has 0 N–H and O–H groups in total. The van der Waals surface area contributed by atoms with Gasteiger partial charge >= 0.3 is 0 Å².